The van der Waals surface area contributed by atoms with Gasteiger partial charge in [0.05, 0.1) is 11.4 Å². The Hall–Kier alpha value is -1.57. The molecule has 1 aromatic carbocycles. The number of hydrogen-bond donors (Lipinski definition) is 1. The number of nitrogens with zero attached hydrogens (tertiary/aromatic N) is 1. The first-order chi connectivity index (χ1) is 8.98. The number of Topliss-reactive ketones (excluding diaryl/α,β-unsaturated/α-hetero) is 1. The van der Waals surface area contributed by atoms with Gasteiger partial charge in [0.2, 0.25) is 0 Å². The van der Waals surface area contributed by atoms with E-state index in [1.54, 1.807) is 23.6 Å². The second kappa shape index (κ2) is 5.60. The van der Waals surface area contributed by atoms with Gasteiger partial charge in [-0.1, -0.05) is 30.3 Å². The number of aromatic nitrogens is 1. The normalized spacial score (nSPS) is 13.1. The van der Waals surface area contributed by atoms with Gasteiger partial charge in [0.1, 0.15) is 0 Å². The zero-order valence-electron chi connectivity index (χ0n) is 9.76. The third kappa shape index (κ3) is 3.46. The lowest BCUT2D eigenvalue weighted by Gasteiger charge is -2.12. The van der Waals surface area contributed by atoms with Crippen LogP contribution in [0.5, 0.6) is 0 Å². The monoisotopic (exact) mass is 297 g/mol. The molecule has 0 aliphatic heterocycles. The molecule has 0 spiro atoms. The van der Waals surface area contributed by atoms with E-state index in [2.05, 4.69) is 4.98 Å². The van der Waals surface area contributed by atoms with Crippen molar-refractivity contribution >= 4 is 27.2 Å². The molecule has 19 heavy (non-hydrogen) atoms. The highest BCUT2D eigenvalue weighted by atomic mass is 32.2. The molecule has 0 saturated heterocycles. The second-order valence-corrected chi connectivity index (χ2v) is 6.36. The minimum Gasteiger partial charge on any atom is -0.297 e. The van der Waals surface area contributed by atoms with Gasteiger partial charge < -0.3 is 0 Å². The Balaban J connectivity index is 2.32. The summed E-state index contributed by atoms with van der Waals surface area (Å²) in [7, 11) is -4.49. The van der Waals surface area contributed by atoms with Crippen molar-refractivity contribution in [2.75, 3.05) is 0 Å². The fourth-order valence-corrected chi connectivity index (χ4v) is 3.28. The SMILES string of the molecule is O=C(Cc1nccs1)C(c1ccccc1)S(=O)(=O)O. The van der Waals surface area contributed by atoms with Crippen LogP contribution in [0, 0.1) is 0 Å². The third-order valence-corrected chi connectivity index (χ3v) is 4.41. The van der Waals surface area contributed by atoms with Crippen LogP contribution in [-0.4, -0.2) is 23.7 Å². The van der Waals surface area contributed by atoms with E-state index >= 15 is 0 Å². The quantitative estimate of drug-likeness (QED) is 0.852. The van der Waals surface area contributed by atoms with E-state index in [1.807, 2.05) is 0 Å². The summed E-state index contributed by atoms with van der Waals surface area (Å²) in [5.41, 5.74) is 0.256. The minimum atomic E-state index is -4.49. The fraction of sp³-hybridized carbons (Fsp3) is 0.167. The van der Waals surface area contributed by atoms with Crippen molar-refractivity contribution in [1.82, 2.24) is 4.98 Å². The predicted molar refractivity (Wildman–Crippen MR) is 71.6 cm³/mol. The summed E-state index contributed by atoms with van der Waals surface area (Å²) in [6.45, 7) is 0. The number of benzene rings is 1. The van der Waals surface area contributed by atoms with Crippen molar-refractivity contribution in [3.8, 4) is 0 Å². The van der Waals surface area contributed by atoms with Gasteiger partial charge in [0.15, 0.2) is 11.0 Å². The molecule has 0 bridgehead atoms. The Bertz CT molecular complexity index is 650. The Morgan fingerprint density at radius 3 is 2.53 bits per heavy atom. The predicted octanol–water partition coefficient (Wildman–Crippen LogP) is 1.88. The molecular weight excluding hydrogens is 286 g/mol. The second-order valence-electron chi connectivity index (χ2n) is 3.87. The van der Waals surface area contributed by atoms with Crippen LogP contribution in [0.3, 0.4) is 0 Å². The molecule has 0 fully saturated rings. The van der Waals surface area contributed by atoms with Crippen LogP contribution in [0.1, 0.15) is 15.8 Å². The van der Waals surface area contributed by atoms with Crippen LogP contribution in [-0.2, 0) is 21.3 Å². The molecular formula is C12H11NO4S2. The summed E-state index contributed by atoms with van der Waals surface area (Å²) in [5, 5.41) is 0.667. The number of hydrogen-bond acceptors (Lipinski definition) is 5. The molecule has 0 radical (unpaired) electrons. The van der Waals surface area contributed by atoms with Gasteiger partial charge in [-0.25, -0.2) is 4.98 Å². The van der Waals surface area contributed by atoms with Crippen LogP contribution in [0.2, 0.25) is 0 Å². The van der Waals surface area contributed by atoms with Gasteiger partial charge >= 0.3 is 0 Å². The zero-order chi connectivity index (χ0) is 13.9. The molecule has 0 aliphatic carbocycles. The number of rotatable bonds is 5. The average Bonchev–Trinajstić information content (AvgIpc) is 2.81. The summed E-state index contributed by atoms with van der Waals surface area (Å²) in [6, 6.07) is 7.93. The van der Waals surface area contributed by atoms with Crippen molar-refractivity contribution < 1.29 is 17.8 Å². The lowest BCUT2D eigenvalue weighted by Crippen LogP contribution is -2.23. The topological polar surface area (TPSA) is 84.3 Å². The lowest BCUT2D eigenvalue weighted by molar-refractivity contribution is -0.118. The number of carbonyl (C=O) groups excluding carboxylic acids is 1. The van der Waals surface area contributed by atoms with E-state index in [1.165, 1.54) is 29.7 Å². The largest absolute Gasteiger partial charge is 0.297 e. The average molecular weight is 297 g/mol. The molecule has 2 rings (SSSR count). The van der Waals surface area contributed by atoms with Gasteiger partial charge in [0.25, 0.3) is 10.1 Å². The Kier molecular flexibility index (Phi) is 4.08. The Morgan fingerprint density at radius 1 is 1.32 bits per heavy atom. The van der Waals surface area contributed by atoms with Crippen molar-refractivity contribution in [2.24, 2.45) is 0 Å². The molecule has 1 heterocycles. The van der Waals surface area contributed by atoms with E-state index in [-0.39, 0.29) is 12.0 Å². The fourth-order valence-electron chi connectivity index (χ4n) is 1.73. The molecule has 100 valence electrons. The van der Waals surface area contributed by atoms with Crippen molar-refractivity contribution in [3.63, 3.8) is 0 Å². The third-order valence-electron chi connectivity index (χ3n) is 2.50. The maximum Gasteiger partial charge on any atom is 0.279 e. The molecule has 7 heteroatoms. The van der Waals surface area contributed by atoms with E-state index in [4.69, 9.17) is 0 Å². The standard InChI is InChI=1S/C12H11NO4S2/c14-10(8-11-13-6-7-18-11)12(19(15,16)17)9-4-2-1-3-5-9/h1-7,12H,8H2,(H,15,16,17). The Morgan fingerprint density at radius 2 is 2.00 bits per heavy atom. The summed E-state index contributed by atoms with van der Waals surface area (Å²) >= 11 is 1.27. The molecule has 2 aromatic rings. The lowest BCUT2D eigenvalue weighted by atomic mass is 10.1. The molecule has 0 saturated carbocycles. The number of ketones is 1. The minimum absolute atomic E-state index is 0.114. The number of carbonyl (C=O) groups is 1. The number of thiazole rings is 1. The van der Waals surface area contributed by atoms with E-state index < -0.39 is 21.2 Å². The van der Waals surface area contributed by atoms with Crippen LogP contribution in [0.25, 0.3) is 0 Å². The summed E-state index contributed by atoms with van der Waals surface area (Å²) in [6.07, 6.45) is 1.43. The van der Waals surface area contributed by atoms with Crippen LogP contribution >= 0.6 is 11.3 Å². The summed E-state index contributed by atoms with van der Waals surface area (Å²) in [5.74, 6) is -0.594. The molecule has 5 nitrogen and oxygen atoms in total. The van der Waals surface area contributed by atoms with E-state index in [0.29, 0.717) is 5.01 Å². The zero-order valence-corrected chi connectivity index (χ0v) is 11.4. The molecule has 1 atom stereocenters. The van der Waals surface area contributed by atoms with Crippen molar-refractivity contribution in [1.29, 1.82) is 0 Å². The van der Waals surface area contributed by atoms with Gasteiger partial charge in [0, 0.05) is 11.6 Å². The van der Waals surface area contributed by atoms with Gasteiger partial charge in [-0.3, -0.25) is 9.35 Å². The van der Waals surface area contributed by atoms with E-state index in [0.717, 1.165) is 0 Å². The first-order valence-corrected chi connectivity index (χ1v) is 7.79. The van der Waals surface area contributed by atoms with Gasteiger partial charge in [-0.2, -0.15) is 8.42 Å². The van der Waals surface area contributed by atoms with E-state index in [9.17, 15) is 17.8 Å². The first kappa shape index (κ1) is 13.9. The van der Waals surface area contributed by atoms with Crippen LogP contribution in [0.4, 0.5) is 0 Å². The summed E-state index contributed by atoms with van der Waals surface area (Å²) < 4.78 is 32.1. The maximum absolute atomic E-state index is 12.1. The maximum atomic E-state index is 12.1. The smallest absolute Gasteiger partial charge is 0.279 e. The summed E-state index contributed by atoms with van der Waals surface area (Å²) in [4.78, 5) is 16.0. The molecule has 1 unspecified atom stereocenters. The van der Waals surface area contributed by atoms with Crippen molar-refractivity contribution in [3.05, 3.63) is 52.5 Å². The first-order valence-electron chi connectivity index (χ1n) is 5.41. The van der Waals surface area contributed by atoms with Crippen LogP contribution in [0.15, 0.2) is 41.9 Å². The van der Waals surface area contributed by atoms with Crippen molar-refractivity contribution in [2.45, 2.75) is 11.7 Å². The molecule has 1 aromatic heterocycles. The highest BCUT2D eigenvalue weighted by Gasteiger charge is 2.32. The molecule has 1 N–H and O–H groups in total. The van der Waals surface area contributed by atoms with Gasteiger partial charge in [-0.15, -0.1) is 11.3 Å². The molecule has 0 aliphatic rings. The van der Waals surface area contributed by atoms with Gasteiger partial charge in [-0.05, 0) is 5.56 Å². The Labute approximate surface area is 114 Å². The van der Waals surface area contributed by atoms with Crippen LogP contribution < -0.4 is 0 Å². The molecule has 0 amide bonds. The highest BCUT2D eigenvalue weighted by Crippen LogP contribution is 2.24. The highest BCUT2D eigenvalue weighted by molar-refractivity contribution is 7.86.